The van der Waals surface area contributed by atoms with Gasteiger partial charge in [-0.05, 0) is 43.2 Å². The zero-order valence-electron chi connectivity index (χ0n) is 11.0. The van der Waals surface area contributed by atoms with Crippen LogP contribution in [0.4, 0.5) is 17.1 Å². The van der Waals surface area contributed by atoms with E-state index in [0.717, 1.165) is 16.8 Å². The van der Waals surface area contributed by atoms with Crippen LogP contribution in [0.2, 0.25) is 0 Å². The minimum absolute atomic E-state index is 0.390. The number of nitrogens with one attached hydrogen (secondary N) is 1. The highest BCUT2D eigenvalue weighted by molar-refractivity contribution is 6.02. The van der Waals surface area contributed by atoms with Gasteiger partial charge in [0.25, 0.3) is 5.91 Å². The Kier molecular flexibility index (Phi) is 3.42. The number of anilines is 3. The van der Waals surface area contributed by atoms with Gasteiger partial charge in [-0.1, -0.05) is 18.2 Å². The van der Waals surface area contributed by atoms with Crippen LogP contribution < -0.4 is 16.8 Å². The number of amides is 1. The van der Waals surface area contributed by atoms with Crippen LogP contribution in [-0.2, 0) is 0 Å². The Balaban J connectivity index is 2.49. The van der Waals surface area contributed by atoms with Gasteiger partial charge in [0.05, 0.1) is 16.9 Å². The molecular formula is C15H17N3O. The number of carbonyl (C=O) groups is 1. The standard InChI is InChI=1S/C15H17N3O/c1-9-6-7-10(2)13(8-9)18-14-11(15(17)19)4-3-5-12(14)16/h3-8,18H,16H2,1-2H3,(H2,17,19). The van der Waals surface area contributed by atoms with Gasteiger partial charge in [0.1, 0.15) is 0 Å². The molecule has 0 heterocycles. The fraction of sp³-hybridized carbons (Fsp3) is 0.133. The van der Waals surface area contributed by atoms with Crippen LogP contribution in [0.3, 0.4) is 0 Å². The second-order valence-corrected chi connectivity index (χ2v) is 4.58. The molecule has 0 unspecified atom stereocenters. The van der Waals surface area contributed by atoms with E-state index < -0.39 is 5.91 Å². The summed E-state index contributed by atoms with van der Waals surface area (Å²) < 4.78 is 0. The molecule has 2 aromatic carbocycles. The van der Waals surface area contributed by atoms with E-state index in [1.807, 2.05) is 32.0 Å². The lowest BCUT2D eigenvalue weighted by atomic mass is 10.1. The topological polar surface area (TPSA) is 81.1 Å². The Hall–Kier alpha value is -2.49. The summed E-state index contributed by atoms with van der Waals surface area (Å²) in [5.41, 5.74) is 15.9. The van der Waals surface area contributed by atoms with Crippen LogP contribution in [0.15, 0.2) is 36.4 Å². The third kappa shape index (κ3) is 2.68. The highest BCUT2D eigenvalue weighted by atomic mass is 16.1. The fourth-order valence-electron chi connectivity index (χ4n) is 1.92. The average molecular weight is 255 g/mol. The van der Waals surface area contributed by atoms with Crippen molar-refractivity contribution < 1.29 is 4.79 Å². The van der Waals surface area contributed by atoms with E-state index in [2.05, 4.69) is 5.32 Å². The molecule has 0 saturated heterocycles. The van der Waals surface area contributed by atoms with Gasteiger partial charge in [-0.25, -0.2) is 0 Å². The maximum Gasteiger partial charge on any atom is 0.250 e. The predicted molar refractivity (Wildman–Crippen MR) is 78.6 cm³/mol. The third-order valence-corrected chi connectivity index (χ3v) is 3.01. The van der Waals surface area contributed by atoms with Crippen molar-refractivity contribution in [3.63, 3.8) is 0 Å². The largest absolute Gasteiger partial charge is 0.397 e. The van der Waals surface area contributed by atoms with Gasteiger partial charge >= 0.3 is 0 Å². The molecule has 0 spiro atoms. The molecule has 19 heavy (non-hydrogen) atoms. The number of aryl methyl sites for hydroxylation is 2. The Morgan fingerprint density at radius 2 is 1.89 bits per heavy atom. The van der Waals surface area contributed by atoms with Crippen molar-refractivity contribution in [1.29, 1.82) is 0 Å². The number of carbonyl (C=O) groups excluding carboxylic acids is 1. The first-order chi connectivity index (χ1) is 8.99. The Morgan fingerprint density at radius 3 is 2.58 bits per heavy atom. The molecular weight excluding hydrogens is 238 g/mol. The molecule has 0 atom stereocenters. The Labute approximate surface area is 112 Å². The highest BCUT2D eigenvalue weighted by Crippen LogP contribution is 2.29. The summed E-state index contributed by atoms with van der Waals surface area (Å²) in [5, 5.41) is 3.21. The summed E-state index contributed by atoms with van der Waals surface area (Å²) in [6, 6.07) is 11.2. The minimum atomic E-state index is -0.500. The lowest BCUT2D eigenvalue weighted by molar-refractivity contribution is 0.100. The van der Waals surface area contributed by atoms with E-state index in [-0.39, 0.29) is 0 Å². The van der Waals surface area contributed by atoms with Gasteiger partial charge in [0, 0.05) is 5.69 Å². The number of nitrogens with two attached hydrogens (primary N) is 2. The summed E-state index contributed by atoms with van der Waals surface area (Å²) in [6.07, 6.45) is 0. The Morgan fingerprint density at radius 1 is 1.16 bits per heavy atom. The highest BCUT2D eigenvalue weighted by Gasteiger charge is 2.12. The van der Waals surface area contributed by atoms with E-state index in [4.69, 9.17) is 11.5 Å². The quantitative estimate of drug-likeness (QED) is 0.737. The van der Waals surface area contributed by atoms with E-state index in [1.165, 1.54) is 0 Å². The van der Waals surface area contributed by atoms with Gasteiger partial charge in [0.2, 0.25) is 0 Å². The van der Waals surface area contributed by atoms with Crippen molar-refractivity contribution in [2.45, 2.75) is 13.8 Å². The molecule has 0 aliphatic carbocycles. The fourth-order valence-corrected chi connectivity index (χ4v) is 1.92. The molecule has 0 aliphatic heterocycles. The molecule has 0 fully saturated rings. The molecule has 0 saturated carbocycles. The van der Waals surface area contributed by atoms with Crippen molar-refractivity contribution in [2.75, 3.05) is 11.1 Å². The summed E-state index contributed by atoms with van der Waals surface area (Å²) >= 11 is 0. The summed E-state index contributed by atoms with van der Waals surface area (Å²) in [4.78, 5) is 11.4. The maximum atomic E-state index is 11.4. The molecule has 2 aromatic rings. The molecule has 2 rings (SSSR count). The van der Waals surface area contributed by atoms with Crippen LogP contribution in [0, 0.1) is 13.8 Å². The van der Waals surface area contributed by atoms with Gasteiger partial charge in [-0.15, -0.1) is 0 Å². The number of benzene rings is 2. The van der Waals surface area contributed by atoms with E-state index in [0.29, 0.717) is 16.9 Å². The van der Waals surface area contributed by atoms with Crippen molar-refractivity contribution in [2.24, 2.45) is 5.73 Å². The van der Waals surface area contributed by atoms with Crippen molar-refractivity contribution >= 4 is 23.0 Å². The lowest BCUT2D eigenvalue weighted by Crippen LogP contribution is -2.14. The van der Waals surface area contributed by atoms with E-state index >= 15 is 0 Å². The normalized spacial score (nSPS) is 10.2. The predicted octanol–water partition coefficient (Wildman–Crippen LogP) is 2.73. The zero-order valence-corrected chi connectivity index (χ0v) is 11.0. The number of rotatable bonds is 3. The molecule has 5 N–H and O–H groups in total. The first-order valence-electron chi connectivity index (χ1n) is 6.01. The van der Waals surface area contributed by atoms with E-state index in [9.17, 15) is 4.79 Å². The van der Waals surface area contributed by atoms with Gasteiger partial charge in [-0.3, -0.25) is 4.79 Å². The third-order valence-electron chi connectivity index (χ3n) is 3.01. The van der Waals surface area contributed by atoms with Gasteiger partial charge in [0.15, 0.2) is 0 Å². The molecule has 0 radical (unpaired) electrons. The lowest BCUT2D eigenvalue weighted by Gasteiger charge is -2.15. The number of hydrogen-bond donors (Lipinski definition) is 3. The monoisotopic (exact) mass is 255 g/mol. The summed E-state index contributed by atoms with van der Waals surface area (Å²) in [6.45, 7) is 4.00. The second kappa shape index (κ2) is 5.02. The molecule has 98 valence electrons. The zero-order chi connectivity index (χ0) is 14.0. The van der Waals surface area contributed by atoms with Crippen molar-refractivity contribution in [3.8, 4) is 0 Å². The van der Waals surface area contributed by atoms with Crippen LogP contribution in [0.1, 0.15) is 21.5 Å². The van der Waals surface area contributed by atoms with Gasteiger partial charge in [-0.2, -0.15) is 0 Å². The minimum Gasteiger partial charge on any atom is -0.397 e. The van der Waals surface area contributed by atoms with Gasteiger partial charge < -0.3 is 16.8 Å². The van der Waals surface area contributed by atoms with Crippen LogP contribution >= 0.6 is 0 Å². The molecule has 0 aromatic heterocycles. The summed E-state index contributed by atoms with van der Waals surface area (Å²) in [7, 11) is 0. The maximum absolute atomic E-state index is 11.4. The number of primary amides is 1. The first kappa shape index (κ1) is 13.0. The number of hydrogen-bond acceptors (Lipinski definition) is 3. The molecule has 0 bridgehead atoms. The van der Waals surface area contributed by atoms with E-state index in [1.54, 1.807) is 18.2 Å². The first-order valence-corrected chi connectivity index (χ1v) is 6.01. The molecule has 1 amide bonds. The van der Waals surface area contributed by atoms with Crippen LogP contribution in [0.25, 0.3) is 0 Å². The number of nitrogen functional groups attached to an aromatic ring is 1. The Bertz CT molecular complexity index is 635. The molecule has 4 heteroatoms. The van der Waals surface area contributed by atoms with Crippen molar-refractivity contribution in [3.05, 3.63) is 53.1 Å². The average Bonchev–Trinajstić information content (AvgIpc) is 2.35. The van der Waals surface area contributed by atoms with Crippen LogP contribution in [-0.4, -0.2) is 5.91 Å². The number of para-hydroxylation sites is 1. The molecule has 0 aliphatic rings. The summed E-state index contributed by atoms with van der Waals surface area (Å²) in [5.74, 6) is -0.500. The second-order valence-electron chi connectivity index (χ2n) is 4.58. The van der Waals surface area contributed by atoms with Crippen molar-refractivity contribution in [1.82, 2.24) is 0 Å². The molecule has 4 nitrogen and oxygen atoms in total. The van der Waals surface area contributed by atoms with Crippen LogP contribution in [0.5, 0.6) is 0 Å². The SMILES string of the molecule is Cc1ccc(C)c(Nc2c(N)cccc2C(N)=O)c1. The smallest absolute Gasteiger partial charge is 0.250 e.